The Hall–Kier alpha value is -1.64. The van der Waals surface area contributed by atoms with Gasteiger partial charge in [-0.25, -0.2) is 8.42 Å². The maximum Gasteiger partial charge on any atom is 0.241 e. The molecule has 0 aliphatic carbocycles. The van der Waals surface area contributed by atoms with Gasteiger partial charge in [-0.1, -0.05) is 0 Å². The highest BCUT2D eigenvalue weighted by molar-refractivity contribution is 7.92. The summed E-state index contributed by atoms with van der Waals surface area (Å²) in [5.41, 5.74) is 7.01. The summed E-state index contributed by atoms with van der Waals surface area (Å²) in [5, 5.41) is 2.75. The van der Waals surface area contributed by atoms with Gasteiger partial charge in [-0.3, -0.25) is 9.52 Å². The average molecular weight is 327 g/mol. The second-order valence-electron chi connectivity index (χ2n) is 5.42. The van der Waals surface area contributed by atoms with Crippen LogP contribution in [0.1, 0.15) is 12.8 Å². The van der Waals surface area contributed by atoms with Crippen molar-refractivity contribution in [2.75, 3.05) is 29.5 Å². The first-order valence-electron chi connectivity index (χ1n) is 7.07. The Morgan fingerprint density at radius 2 is 1.77 bits per heavy atom. The zero-order chi connectivity index (χ0) is 16.2. The Labute approximate surface area is 130 Å². The summed E-state index contributed by atoms with van der Waals surface area (Å²) in [4.78, 5) is 12.1. The number of nitrogens with two attached hydrogens (primary N) is 1. The number of hydrogen-bond donors (Lipinski definition) is 3. The molecular formula is C14H21N3O4S. The van der Waals surface area contributed by atoms with E-state index in [0.717, 1.165) is 19.1 Å². The van der Waals surface area contributed by atoms with Crippen LogP contribution in [0.5, 0.6) is 0 Å². The van der Waals surface area contributed by atoms with E-state index in [1.807, 2.05) is 0 Å². The molecule has 1 aliphatic heterocycles. The van der Waals surface area contributed by atoms with Crippen LogP contribution in [0.4, 0.5) is 11.4 Å². The van der Waals surface area contributed by atoms with E-state index >= 15 is 0 Å². The molecule has 1 aromatic rings. The quantitative estimate of drug-likeness (QED) is 0.739. The third kappa shape index (κ3) is 4.97. The monoisotopic (exact) mass is 327 g/mol. The lowest BCUT2D eigenvalue weighted by molar-refractivity contribution is -0.119. The molecule has 1 aromatic carbocycles. The summed E-state index contributed by atoms with van der Waals surface area (Å²) >= 11 is 0. The lowest BCUT2D eigenvalue weighted by Crippen LogP contribution is -2.43. The predicted molar refractivity (Wildman–Crippen MR) is 85.1 cm³/mol. The number of amides is 1. The highest BCUT2D eigenvalue weighted by Crippen LogP contribution is 2.19. The number of sulfonamides is 1. The highest BCUT2D eigenvalue weighted by Gasteiger charge is 2.26. The fraction of sp³-hybridized carbons (Fsp3) is 0.500. The van der Waals surface area contributed by atoms with Crippen LogP contribution in [0.2, 0.25) is 0 Å². The fourth-order valence-electron chi connectivity index (χ4n) is 2.35. The van der Waals surface area contributed by atoms with Crippen LogP contribution in [0.15, 0.2) is 24.3 Å². The molecule has 7 nitrogen and oxygen atoms in total. The van der Waals surface area contributed by atoms with Crippen molar-refractivity contribution in [2.45, 2.75) is 18.9 Å². The lowest BCUT2D eigenvalue weighted by atomic mass is 9.92. The molecule has 22 heavy (non-hydrogen) atoms. The smallest absolute Gasteiger partial charge is 0.241 e. The van der Waals surface area contributed by atoms with Crippen molar-refractivity contribution >= 4 is 27.3 Å². The Bertz CT molecular complexity index is 609. The van der Waals surface area contributed by atoms with Crippen LogP contribution < -0.4 is 15.8 Å². The van der Waals surface area contributed by atoms with Crippen molar-refractivity contribution in [2.24, 2.45) is 11.7 Å². The Kier molecular flexibility index (Phi) is 5.38. The van der Waals surface area contributed by atoms with Gasteiger partial charge in [0.2, 0.25) is 15.9 Å². The van der Waals surface area contributed by atoms with Gasteiger partial charge in [0.15, 0.2) is 0 Å². The number of ether oxygens (including phenoxy) is 1. The molecule has 1 fully saturated rings. The summed E-state index contributed by atoms with van der Waals surface area (Å²) in [7, 11) is -3.31. The van der Waals surface area contributed by atoms with Gasteiger partial charge >= 0.3 is 0 Å². The molecule has 1 amide bonds. The van der Waals surface area contributed by atoms with Gasteiger partial charge in [0, 0.05) is 24.6 Å². The zero-order valence-electron chi connectivity index (χ0n) is 12.4. The maximum absolute atomic E-state index is 12.1. The van der Waals surface area contributed by atoms with E-state index in [2.05, 4.69) is 10.0 Å². The topological polar surface area (TPSA) is 111 Å². The van der Waals surface area contributed by atoms with E-state index in [4.69, 9.17) is 10.5 Å². The molecule has 0 bridgehead atoms. The average Bonchev–Trinajstić information content (AvgIpc) is 2.48. The lowest BCUT2D eigenvalue weighted by Gasteiger charge is -2.26. The van der Waals surface area contributed by atoms with Gasteiger partial charge in [0.05, 0.1) is 12.3 Å². The standard InChI is InChI=1S/C14H21N3O4S/c1-22(19,20)17-12-4-2-11(3-5-12)16-14(18)13(15)10-6-8-21-9-7-10/h2-5,10,13,17H,6-9,15H2,1H3,(H,16,18). The largest absolute Gasteiger partial charge is 0.381 e. The van der Waals surface area contributed by atoms with Gasteiger partial charge in [-0.05, 0) is 43.0 Å². The first-order chi connectivity index (χ1) is 10.3. The molecule has 1 aliphatic rings. The number of hydrogen-bond acceptors (Lipinski definition) is 5. The van der Waals surface area contributed by atoms with Crippen molar-refractivity contribution in [3.05, 3.63) is 24.3 Å². The number of carbonyl (C=O) groups excluding carboxylic acids is 1. The first kappa shape index (κ1) is 16.7. The van der Waals surface area contributed by atoms with E-state index < -0.39 is 16.1 Å². The molecule has 8 heteroatoms. The minimum Gasteiger partial charge on any atom is -0.381 e. The van der Waals surface area contributed by atoms with Gasteiger partial charge < -0.3 is 15.8 Å². The highest BCUT2D eigenvalue weighted by atomic mass is 32.2. The number of rotatable bonds is 5. The fourth-order valence-corrected chi connectivity index (χ4v) is 2.91. The van der Waals surface area contributed by atoms with E-state index in [1.54, 1.807) is 24.3 Å². The molecule has 1 saturated heterocycles. The van der Waals surface area contributed by atoms with Crippen LogP contribution in [-0.2, 0) is 19.6 Å². The second kappa shape index (κ2) is 7.08. The molecule has 2 rings (SSSR count). The summed E-state index contributed by atoms with van der Waals surface area (Å²) in [6.07, 6.45) is 2.65. The van der Waals surface area contributed by atoms with Gasteiger partial charge in [0.25, 0.3) is 0 Å². The second-order valence-corrected chi connectivity index (χ2v) is 7.16. The van der Waals surface area contributed by atoms with Crippen molar-refractivity contribution in [1.29, 1.82) is 0 Å². The first-order valence-corrected chi connectivity index (χ1v) is 8.96. The Morgan fingerprint density at radius 1 is 1.23 bits per heavy atom. The Morgan fingerprint density at radius 3 is 2.32 bits per heavy atom. The zero-order valence-corrected chi connectivity index (χ0v) is 13.2. The molecule has 0 radical (unpaired) electrons. The maximum atomic E-state index is 12.1. The van der Waals surface area contributed by atoms with Gasteiger partial charge in [0.1, 0.15) is 0 Å². The third-order valence-electron chi connectivity index (χ3n) is 3.53. The number of carbonyl (C=O) groups is 1. The van der Waals surface area contributed by atoms with Crippen LogP contribution in [-0.4, -0.2) is 39.8 Å². The Balaban J connectivity index is 1.93. The minimum absolute atomic E-state index is 0.125. The van der Waals surface area contributed by atoms with Crippen molar-refractivity contribution in [1.82, 2.24) is 0 Å². The molecule has 0 spiro atoms. The van der Waals surface area contributed by atoms with Crippen molar-refractivity contribution in [3.8, 4) is 0 Å². The molecule has 4 N–H and O–H groups in total. The van der Waals surface area contributed by atoms with Gasteiger partial charge in [-0.2, -0.15) is 0 Å². The number of benzene rings is 1. The van der Waals surface area contributed by atoms with E-state index in [0.29, 0.717) is 24.6 Å². The van der Waals surface area contributed by atoms with Crippen LogP contribution in [0.25, 0.3) is 0 Å². The SMILES string of the molecule is CS(=O)(=O)Nc1ccc(NC(=O)C(N)C2CCOCC2)cc1. The normalized spacial score (nSPS) is 17.7. The van der Waals surface area contributed by atoms with Crippen LogP contribution in [0.3, 0.4) is 0 Å². The minimum atomic E-state index is -3.31. The molecule has 122 valence electrons. The summed E-state index contributed by atoms with van der Waals surface area (Å²) in [6.45, 7) is 1.27. The van der Waals surface area contributed by atoms with Crippen molar-refractivity contribution in [3.63, 3.8) is 0 Å². The van der Waals surface area contributed by atoms with E-state index in [1.165, 1.54) is 0 Å². The molecule has 0 saturated carbocycles. The number of anilines is 2. The molecular weight excluding hydrogens is 306 g/mol. The van der Waals surface area contributed by atoms with Crippen molar-refractivity contribution < 1.29 is 17.9 Å². The number of nitrogens with one attached hydrogen (secondary N) is 2. The molecule has 0 aromatic heterocycles. The van der Waals surface area contributed by atoms with Crippen LogP contribution >= 0.6 is 0 Å². The predicted octanol–water partition coefficient (Wildman–Crippen LogP) is 0.750. The molecule has 1 atom stereocenters. The summed E-state index contributed by atoms with van der Waals surface area (Å²) in [5.74, 6) is -0.115. The summed E-state index contributed by atoms with van der Waals surface area (Å²) in [6, 6.07) is 5.84. The van der Waals surface area contributed by atoms with E-state index in [-0.39, 0.29) is 11.8 Å². The van der Waals surface area contributed by atoms with Gasteiger partial charge in [-0.15, -0.1) is 0 Å². The van der Waals surface area contributed by atoms with E-state index in [9.17, 15) is 13.2 Å². The third-order valence-corrected chi connectivity index (χ3v) is 4.14. The summed E-state index contributed by atoms with van der Waals surface area (Å²) < 4.78 is 29.9. The van der Waals surface area contributed by atoms with Crippen LogP contribution in [0, 0.1) is 5.92 Å². The molecule has 1 heterocycles. The molecule has 1 unspecified atom stereocenters.